The highest BCUT2D eigenvalue weighted by Crippen LogP contribution is 2.23. The van der Waals surface area contributed by atoms with Gasteiger partial charge < -0.3 is 15.4 Å². The molecule has 0 bridgehead atoms. The first-order valence-corrected chi connectivity index (χ1v) is 9.40. The molecule has 1 aromatic rings. The Morgan fingerprint density at radius 3 is 2.73 bits per heavy atom. The highest BCUT2D eigenvalue weighted by Gasteiger charge is 2.27. The van der Waals surface area contributed by atoms with E-state index in [0.717, 1.165) is 32.2 Å². The maximum atomic E-state index is 11.8. The molecule has 4 nitrogen and oxygen atoms in total. The van der Waals surface area contributed by atoms with Gasteiger partial charge in [0, 0.05) is 23.5 Å². The van der Waals surface area contributed by atoms with E-state index >= 15 is 0 Å². The second-order valence-corrected chi connectivity index (χ2v) is 9.31. The van der Waals surface area contributed by atoms with Crippen LogP contribution >= 0.6 is 27.3 Å². The van der Waals surface area contributed by atoms with Crippen molar-refractivity contribution in [3.8, 4) is 0 Å². The van der Waals surface area contributed by atoms with Crippen LogP contribution in [0.3, 0.4) is 0 Å². The van der Waals surface area contributed by atoms with Gasteiger partial charge in [-0.25, -0.2) is 4.79 Å². The molecule has 0 radical (unpaired) electrons. The molecule has 1 saturated carbocycles. The Labute approximate surface area is 145 Å². The minimum Gasteiger partial charge on any atom is -0.444 e. The molecule has 1 aromatic heterocycles. The first-order valence-electron chi connectivity index (χ1n) is 7.79. The lowest BCUT2D eigenvalue weighted by Crippen LogP contribution is -2.39. The molecule has 1 fully saturated rings. The molecule has 0 aromatic carbocycles. The quantitative estimate of drug-likeness (QED) is 0.798. The normalized spacial score (nSPS) is 21.8. The maximum absolute atomic E-state index is 11.8. The van der Waals surface area contributed by atoms with E-state index in [4.69, 9.17) is 4.74 Å². The van der Waals surface area contributed by atoms with Crippen LogP contribution in [0.15, 0.2) is 15.9 Å². The molecule has 2 atom stereocenters. The Balaban J connectivity index is 1.64. The largest absolute Gasteiger partial charge is 0.444 e. The molecule has 0 saturated heterocycles. The van der Waals surface area contributed by atoms with E-state index in [1.165, 1.54) is 8.66 Å². The fourth-order valence-electron chi connectivity index (χ4n) is 2.66. The Hall–Kier alpha value is -0.590. The van der Waals surface area contributed by atoms with E-state index in [0.29, 0.717) is 6.04 Å². The van der Waals surface area contributed by atoms with Crippen molar-refractivity contribution >= 4 is 33.4 Å². The lowest BCUT2D eigenvalue weighted by Gasteiger charge is -2.21. The number of hydrogen-bond donors (Lipinski definition) is 2. The summed E-state index contributed by atoms with van der Waals surface area (Å²) in [6, 6.07) is 4.97. The van der Waals surface area contributed by atoms with Gasteiger partial charge in [-0.05, 0) is 74.5 Å². The summed E-state index contributed by atoms with van der Waals surface area (Å²) in [5.74, 6) is 0. The molecule has 2 unspecified atom stereocenters. The highest BCUT2D eigenvalue weighted by atomic mass is 79.9. The number of alkyl carbamates (subject to hydrolysis) is 1. The van der Waals surface area contributed by atoms with Gasteiger partial charge in [0.15, 0.2) is 0 Å². The van der Waals surface area contributed by atoms with Crippen molar-refractivity contribution < 1.29 is 9.53 Å². The Kier molecular flexibility index (Phi) is 6.29. The summed E-state index contributed by atoms with van der Waals surface area (Å²) in [7, 11) is 0. The standard InChI is InChI=1S/C16H25BrN2O2S/c1-16(2,3)21-15(20)19-12-5-4-11(10-12)18-9-8-13-6-7-14(17)22-13/h6-7,11-12,18H,4-5,8-10H2,1-3H3,(H,19,20). The van der Waals surface area contributed by atoms with Gasteiger partial charge in [-0.3, -0.25) is 0 Å². The highest BCUT2D eigenvalue weighted by molar-refractivity contribution is 9.11. The Morgan fingerprint density at radius 1 is 1.36 bits per heavy atom. The van der Waals surface area contributed by atoms with Crippen molar-refractivity contribution in [2.45, 2.75) is 64.1 Å². The molecule has 2 N–H and O–H groups in total. The molecule has 124 valence electrons. The van der Waals surface area contributed by atoms with Crippen LogP contribution in [0.1, 0.15) is 44.9 Å². The maximum Gasteiger partial charge on any atom is 0.407 e. The molecule has 1 aliphatic rings. The van der Waals surface area contributed by atoms with Gasteiger partial charge in [0.25, 0.3) is 0 Å². The van der Waals surface area contributed by atoms with E-state index in [1.807, 2.05) is 20.8 Å². The summed E-state index contributed by atoms with van der Waals surface area (Å²) in [5.41, 5.74) is -0.435. The van der Waals surface area contributed by atoms with Crippen LogP contribution in [0.25, 0.3) is 0 Å². The number of ether oxygens (including phenoxy) is 1. The van der Waals surface area contributed by atoms with Gasteiger partial charge in [0.1, 0.15) is 5.60 Å². The van der Waals surface area contributed by atoms with Crippen LogP contribution in [0.4, 0.5) is 4.79 Å². The average Bonchev–Trinajstić information content (AvgIpc) is 2.97. The SMILES string of the molecule is CC(C)(C)OC(=O)NC1CCC(NCCc2ccc(Br)s2)C1. The van der Waals surface area contributed by atoms with Crippen LogP contribution in [0, 0.1) is 0 Å². The molecule has 2 rings (SSSR count). The number of thiophene rings is 1. The number of carbonyl (C=O) groups excluding carboxylic acids is 1. The third-order valence-corrected chi connectivity index (χ3v) is 5.27. The number of halogens is 1. The van der Waals surface area contributed by atoms with Crippen molar-refractivity contribution in [2.75, 3.05) is 6.54 Å². The zero-order valence-corrected chi connectivity index (χ0v) is 15.9. The van der Waals surface area contributed by atoms with Crippen LogP contribution in [0.5, 0.6) is 0 Å². The first kappa shape index (κ1) is 17.8. The van der Waals surface area contributed by atoms with Crippen molar-refractivity contribution in [1.29, 1.82) is 0 Å². The summed E-state index contributed by atoms with van der Waals surface area (Å²) in [5, 5.41) is 6.56. The van der Waals surface area contributed by atoms with Crippen molar-refractivity contribution in [2.24, 2.45) is 0 Å². The second kappa shape index (κ2) is 7.79. The predicted octanol–water partition coefficient (Wildman–Crippen LogP) is 4.09. The van der Waals surface area contributed by atoms with Crippen LogP contribution < -0.4 is 10.6 Å². The van der Waals surface area contributed by atoms with Gasteiger partial charge in [0.05, 0.1) is 3.79 Å². The summed E-state index contributed by atoms with van der Waals surface area (Å²) < 4.78 is 6.49. The lowest BCUT2D eigenvalue weighted by atomic mass is 10.2. The molecule has 0 spiro atoms. The Morgan fingerprint density at radius 2 is 2.09 bits per heavy atom. The summed E-state index contributed by atoms with van der Waals surface area (Å²) in [6.45, 7) is 6.63. The van der Waals surface area contributed by atoms with Crippen LogP contribution in [-0.2, 0) is 11.2 Å². The molecule has 22 heavy (non-hydrogen) atoms. The van der Waals surface area contributed by atoms with Crippen LogP contribution in [-0.4, -0.2) is 30.3 Å². The van der Waals surface area contributed by atoms with Crippen molar-refractivity contribution in [3.05, 3.63) is 20.8 Å². The van der Waals surface area contributed by atoms with Gasteiger partial charge in [-0.15, -0.1) is 11.3 Å². The monoisotopic (exact) mass is 388 g/mol. The van der Waals surface area contributed by atoms with Crippen molar-refractivity contribution in [3.63, 3.8) is 0 Å². The van der Waals surface area contributed by atoms with Crippen molar-refractivity contribution in [1.82, 2.24) is 10.6 Å². The van der Waals surface area contributed by atoms with Gasteiger partial charge in [0.2, 0.25) is 0 Å². The smallest absolute Gasteiger partial charge is 0.407 e. The Bertz CT molecular complexity index is 499. The zero-order chi connectivity index (χ0) is 16.2. The number of nitrogens with one attached hydrogen (secondary N) is 2. The van der Waals surface area contributed by atoms with E-state index < -0.39 is 5.60 Å². The lowest BCUT2D eigenvalue weighted by molar-refractivity contribution is 0.0505. The molecule has 1 heterocycles. The fourth-order valence-corrected chi connectivity index (χ4v) is 4.14. The van der Waals surface area contributed by atoms with Gasteiger partial charge >= 0.3 is 6.09 Å². The minimum absolute atomic E-state index is 0.225. The topological polar surface area (TPSA) is 50.4 Å². The second-order valence-electron chi connectivity index (χ2n) is 6.76. The van der Waals surface area contributed by atoms with E-state index in [1.54, 1.807) is 11.3 Å². The molecular weight excluding hydrogens is 364 g/mol. The predicted molar refractivity (Wildman–Crippen MR) is 94.5 cm³/mol. The molecule has 1 amide bonds. The minimum atomic E-state index is -0.435. The molecule has 1 aliphatic carbocycles. The van der Waals surface area contributed by atoms with E-state index in [2.05, 4.69) is 38.7 Å². The van der Waals surface area contributed by atoms with Crippen LogP contribution in [0.2, 0.25) is 0 Å². The van der Waals surface area contributed by atoms with Gasteiger partial charge in [-0.2, -0.15) is 0 Å². The molecule has 0 aliphatic heterocycles. The number of rotatable bonds is 5. The molecule has 6 heteroatoms. The van der Waals surface area contributed by atoms with Gasteiger partial charge in [-0.1, -0.05) is 0 Å². The third kappa shape index (κ3) is 6.26. The number of amides is 1. The number of hydrogen-bond acceptors (Lipinski definition) is 4. The third-order valence-electron chi connectivity index (χ3n) is 3.59. The fraction of sp³-hybridized carbons (Fsp3) is 0.688. The van der Waals surface area contributed by atoms with E-state index in [-0.39, 0.29) is 12.1 Å². The average molecular weight is 389 g/mol. The summed E-state index contributed by atoms with van der Waals surface area (Å²) in [6.07, 6.45) is 3.85. The first-order chi connectivity index (χ1) is 10.3. The summed E-state index contributed by atoms with van der Waals surface area (Å²) >= 11 is 5.28. The zero-order valence-electron chi connectivity index (χ0n) is 13.4. The van der Waals surface area contributed by atoms with E-state index in [9.17, 15) is 4.79 Å². The number of carbonyl (C=O) groups is 1. The molecular formula is C16H25BrN2O2S. The summed E-state index contributed by atoms with van der Waals surface area (Å²) in [4.78, 5) is 13.2.